The van der Waals surface area contributed by atoms with Crippen LogP contribution in [0, 0.1) is 0 Å². The Bertz CT molecular complexity index is 413. The first kappa shape index (κ1) is 15.0. The highest BCUT2D eigenvalue weighted by Gasteiger charge is 2.31. The van der Waals surface area contributed by atoms with Crippen LogP contribution in [0.25, 0.3) is 0 Å². The van der Waals surface area contributed by atoms with Gasteiger partial charge in [0.1, 0.15) is 0 Å². The van der Waals surface area contributed by atoms with Crippen LogP contribution in [-0.4, -0.2) is 37.2 Å². The molecule has 1 aliphatic heterocycles. The Balaban J connectivity index is 2.14. The van der Waals surface area contributed by atoms with Gasteiger partial charge in [-0.1, -0.05) is 34.1 Å². The molecule has 2 rings (SSSR count). The fraction of sp³-hybridized carbons (Fsp3) is 0.600. The fourth-order valence-electron chi connectivity index (χ4n) is 2.98. The van der Waals surface area contributed by atoms with Gasteiger partial charge in [0.2, 0.25) is 0 Å². The predicted octanol–water partition coefficient (Wildman–Crippen LogP) is 2.95. The van der Waals surface area contributed by atoms with Gasteiger partial charge < -0.3 is 10.5 Å². The molecule has 0 bridgehead atoms. The highest BCUT2D eigenvalue weighted by molar-refractivity contribution is 9.10. The van der Waals surface area contributed by atoms with Crippen molar-refractivity contribution < 1.29 is 4.74 Å². The highest BCUT2D eigenvalue weighted by atomic mass is 79.9. The number of methoxy groups -OCH3 is 1. The third-order valence-electron chi connectivity index (χ3n) is 4.17. The standard InChI is InChI=1S/C15H23BrN2O/c1-11(14-5-3-4-6-15(14)16)18-8-7-13(19-2)9-12(18)10-17/h3-6,11-13H,7-10,17H2,1-2H3. The first-order chi connectivity index (χ1) is 9.17. The van der Waals surface area contributed by atoms with E-state index in [0.29, 0.717) is 24.7 Å². The molecule has 0 spiro atoms. The minimum Gasteiger partial charge on any atom is -0.381 e. The average Bonchev–Trinajstić information content (AvgIpc) is 2.46. The molecule has 0 aromatic heterocycles. The Kier molecular flexibility index (Phi) is 5.39. The number of rotatable bonds is 4. The average molecular weight is 327 g/mol. The topological polar surface area (TPSA) is 38.5 Å². The molecule has 1 saturated heterocycles. The van der Waals surface area contributed by atoms with Crippen LogP contribution in [0.5, 0.6) is 0 Å². The quantitative estimate of drug-likeness (QED) is 0.924. The van der Waals surface area contributed by atoms with E-state index in [0.717, 1.165) is 19.4 Å². The van der Waals surface area contributed by atoms with Crippen molar-refractivity contribution >= 4 is 15.9 Å². The van der Waals surface area contributed by atoms with Gasteiger partial charge in [-0.15, -0.1) is 0 Å². The minimum atomic E-state index is 0.358. The molecule has 3 nitrogen and oxygen atoms in total. The van der Waals surface area contributed by atoms with Crippen LogP contribution < -0.4 is 5.73 Å². The van der Waals surface area contributed by atoms with Gasteiger partial charge in [0.25, 0.3) is 0 Å². The number of nitrogens with zero attached hydrogens (tertiary/aromatic N) is 1. The van der Waals surface area contributed by atoms with E-state index in [2.05, 4.69) is 52.0 Å². The van der Waals surface area contributed by atoms with Crippen molar-refractivity contribution in [1.29, 1.82) is 0 Å². The summed E-state index contributed by atoms with van der Waals surface area (Å²) >= 11 is 3.65. The first-order valence-electron chi connectivity index (χ1n) is 6.90. The van der Waals surface area contributed by atoms with Gasteiger partial charge in [-0.25, -0.2) is 0 Å². The van der Waals surface area contributed by atoms with Crippen LogP contribution in [0.4, 0.5) is 0 Å². The summed E-state index contributed by atoms with van der Waals surface area (Å²) in [7, 11) is 1.80. The van der Waals surface area contributed by atoms with Crippen LogP contribution in [0.3, 0.4) is 0 Å². The third-order valence-corrected chi connectivity index (χ3v) is 4.89. The molecule has 0 aliphatic carbocycles. The van der Waals surface area contributed by atoms with Crippen LogP contribution in [0.1, 0.15) is 31.4 Å². The lowest BCUT2D eigenvalue weighted by Gasteiger charge is -2.42. The maximum absolute atomic E-state index is 5.96. The Morgan fingerprint density at radius 3 is 2.84 bits per heavy atom. The largest absolute Gasteiger partial charge is 0.381 e. The molecule has 3 atom stereocenters. The molecule has 4 heteroatoms. The van der Waals surface area contributed by atoms with Crippen molar-refractivity contribution in [1.82, 2.24) is 4.90 Å². The number of ether oxygens (including phenoxy) is 1. The molecule has 0 amide bonds. The van der Waals surface area contributed by atoms with E-state index in [1.165, 1.54) is 10.0 Å². The molecule has 1 aliphatic rings. The number of hydrogen-bond donors (Lipinski definition) is 1. The molecule has 1 fully saturated rings. The second kappa shape index (κ2) is 6.84. The summed E-state index contributed by atoms with van der Waals surface area (Å²) in [5.74, 6) is 0. The summed E-state index contributed by atoms with van der Waals surface area (Å²) in [4.78, 5) is 2.51. The van der Waals surface area contributed by atoms with E-state index < -0.39 is 0 Å². The van der Waals surface area contributed by atoms with Crippen molar-refractivity contribution in [2.24, 2.45) is 5.73 Å². The van der Waals surface area contributed by atoms with Gasteiger partial charge in [0, 0.05) is 36.8 Å². The number of likely N-dealkylation sites (tertiary alicyclic amines) is 1. The lowest BCUT2D eigenvalue weighted by molar-refractivity contribution is -0.00174. The van der Waals surface area contributed by atoms with Gasteiger partial charge in [-0.05, 0) is 31.4 Å². The molecular formula is C15H23BrN2O. The molecule has 1 aromatic rings. The Morgan fingerprint density at radius 1 is 1.47 bits per heavy atom. The van der Waals surface area contributed by atoms with Crippen molar-refractivity contribution in [3.05, 3.63) is 34.3 Å². The Labute approximate surface area is 124 Å². The highest BCUT2D eigenvalue weighted by Crippen LogP contribution is 2.32. The van der Waals surface area contributed by atoms with E-state index in [1.807, 2.05) is 0 Å². The van der Waals surface area contributed by atoms with E-state index in [9.17, 15) is 0 Å². The molecule has 3 unspecified atom stereocenters. The van der Waals surface area contributed by atoms with Crippen molar-refractivity contribution in [2.45, 2.75) is 38.0 Å². The third kappa shape index (κ3) is 3.37. The number of halogens is 1. The van der Waals surface area contributed by atoms with Crippen LogP contribution in [-0.2, 0) is 4.74 Å². The molecular weight excluding hydrogens is 304 g/mol. The van der Waals surface area contributed by atoms with Gasteiger partial charge in [0.05, 0.1) is 6.10 Å². The molecule has 2 N–H and O–H groups in total. The normalized spacial score (nSPS) is 26.3. The second-order valence-corrected chi connectivity index (χ2v) is 6.06. The molecule has 1 heterocycles. The fourth-order valence-corrected chi connectivity index (χ4v) is 3.60. The zero-order valence-corrected chi connectivity index (χ0v) is 13.3. The van der Waals surface area contributed by atoms with Gasteiger partial charge >= 0.3 is 0 Å². The lowest BCUT2D eigenvalue weighted by Crippen LogP contribution is -2.49. The second-order valence-electron chi connectivity index (χ2n) is 5.21. The number of nitrogens with two attached hydrogens (primary N) is 1. The zero-order valence-electron chi connectivity index (χ0n) is 11.7. The summed E-state index contributed by atoms with van der Waals surface area (Å²) in [6, 6.07) is 9.21. The van der Waals surface area contributed by atoms with Gasteiger partial charge in [0.15, 0.2) is 0 Å². The van der Waals surface area contributed by atoms with Crippen LogP contribution in [0.2, 0.25) is 0 Å². The summed E-state index contributed by atoms with van der Waals surface area (Å²) in [5, 5.41) is 0. The number of benzene rings is 1. The maximum atomic E-state index is 5.96. The first-order valence-corrected chi connectivity index (χ1v) is 7.69. The monoisotopic (exact) mass is 326 g/mol. The minimum absolute atomic E-state index is 0.358. The molecule has 1 aromatic carbocycles. The number of hydrogen-bond acceptors (Lipinski definition) is 3. The molecule has 106 valence electrons. The Hall–Kier alpha value is -0.420. The number of piperidine rings is 1. The molecule has 19 heavy (non-hydrogen) atoms. The predicted molar refractivity (Wildman–Crippen MR) is 82.1 cm³/mol. The molecule has 0 saturated carbocycles. The van der Waals surface area contributed by atoms with E-state index in [1.54, 1.807) is 7.11 Å². The van der Waals surface area contributed by atoms with E-state index in [4.69, 9.17) is 10.5 Å². The van der Waals surface area contributed by atoms with Crippen molar-refractivity contribution in [2.75, 3.05) is 20.2 Å². The SMILES string of the molecule is COC1CCN(C(C)c2ccccc2Br)C(CN)C1. The van der Waals surface area contributed by atoms with Crippen LogP contribution >= 0.6 is 15.9 Å². The Morgan fingerprint density at radius 2 is 2.21 bits per heavy atom. The lowest BCUT2D eigenvalue weighted by atomic mass is 9.95. The van der Waals surface area contributed by atoms with E-state index in [-0.39, 0.29) is 0 Å². The smallest absolute Gasteiger partial charge is 0.0599 e. The van der Waals surface area contributed by atoms with Crippen molar-refractivity contribution in [3.63, 3.8) is 0 Å². The summed E-state index contributed by atoms with van der Waals surface area (Å²) in [5.41, 5.74) is 7.29. The maximum Gasteiger partial charge on any atom is 0.0599 e. The van der Waals surface area contributed by atoms with Gasteiger partial charge in [-0.2, -0.15) is 0 Å². The summed E-state index contributed by atoms with van der Waals surface area (Å²) in [6.45, 7) is 3.99. The summed E-state index contributed by atoms with van der Waals surface area (Å²) in [6.07, 6.45) is 2.47. The summed E-state index contributed by atoms with van der Waals surface area (Å²) < 4.78 is 6.66. The van der Waals surface area contributed by atoms with Gasteiger partial charge in [-0.3, -0.25) is 4.90 Å². The molecule has 0 radical (unpaired) electrons. The van der Waals surface area contributed by atoms with E-state index >= 15 is 0 Å². The van der Waals surface area contributed by atoms with Crippen molar-refractivity contribution in [3.8, 4) is 0 Å². The zero-order chi connectivity index (χ0) is 13.8. The van der Waals surface area contributed by atoms with Crippen LogP contribution in [0.15, 0.2) is 28.7 Å².